The van der Waals surface area contributed by atoms with Gasteiger partial charge in [0.2, 0.25) is 16.0 Å². The monoisotopic (exact) mass is 501 g/mol. The molecule has 1 aliphatic heterocycles. The van der Waals surface area contributed by atoms with Gasteiger partial charge in [-0.3, -0.25) is 9.36 Å². The molecule has 1 saturated heterocycles. The van der Waals surface area contributed by atoms with Crippen LogP contribution in [0.2, 0.25) is 19.6 Å². The van der Waals surface area contributed by atoms with Crippen LogP contribution in [-0.4, -0.2) is 61.0 Å². The van der Waals surface area contributed by atoms with E-state index in [0.29, 0.717) is 44.1 Å². The van der Waals surface area contributed by atoms with E-state index in [1.54, 1.807) is 16.8 Å². The minimum Gasteiger partial charge on any atom is -0.413 e. The molecule has 1 aromatic carbocycles. The van der Waals surface area contributed by atoms with E-state index in [0.717, 1.165) is 16.6 Å². The molecule has 182 valence electrons. The van der Waals surface area contributed by atoms with E-state index in [1.807, 2.05) is 24.3 Å². The van der Waals surface area contributed by atoms with Crippen molar-refractivity contribution in [3.8, 4) is 5.69 Å². The molecule has 1 aliphatic rings. The van der Waals surface area contributed by atoms with Crippen LogP contribution < -0.4 is 10.9 Å². The van der Waals surface area contributed by atoms with Gasteiger partial charge in [0.05, 0.1) is 18.6 Å². The summed E-state index contributed by atoms with van der Waals surface area (Å²) in [7, 11) is -4.93. The third-order valence-corrected chi connectivity index (χ3v) is 8.10. The number of hydrogen-bond donors (Lipinski definition) is 1. The van der Waals surface area contributed by atoms with Gasteiger partial charge in [-0.25, -0.2) is 17.7 Å². The average Bonchev–Trinajstić information content (AvgIpc) is 2.77. The molecule has 34 heavy (non-hydrogen) atoms. The number of aromatic nitrogens is 3. The molecule has 3 heterocycles. The summed E-state index contributed by atoms with van der Waals surface area (Å²) in [5, 5.41) is 4.07. The van der Waals surface area contributed by atoms with Crippen molar-refractivity contribution in [2.45, 2.75) is 45.1 Å². The molecule has 0 aliphatic carbocycles. The molecular formula is C23H31N5O4SSi. The minimum atomic E-state index is -3.18. The van der Waals surface area contributed by atoms with E-state index in [-0.39, 0.29) is 11.6 Å². The van der Waals surface area contributed by atoms with Crippen molar-refractivity contribution in [2.24, 2.45) is 0 Å². The van der Waals surface area contributed by atoms with Crippen molar-refractivity contribution >= 4 is 35.3 Å². The highest BCUT2D eigenvalue weighted by Gasteiger charge is 2.25. The second kappa shape index (κ2) is 9.57. The predicted octanol–water partition coefficient (Wildman–Crippen LogP) is 2.97. The molecule has 0 spiro atoms. The zero-order valence-electron chi connectivity index (χ0n) is 20.0. The summed E-state index contributed by atoms with van der Waals surface area (Å²) in [6.07, 6.45) is 4.26. The summed E-state index contributed by atoms with van der Waals surface area (Å²) in [6.45, 7) is 7.73. The Morgan fingerprint density at radius 1 is 1.12 bits per heavy atom. The Morgan fingerprint density at radius 2 is 1.82 bits per heavy atom. The number of rotatable bonds is 7. The van der Waals surface area contributed by atoms with Gasteiger partial charge in [-0.2, -0.15) is 4.98 Å². The number of benzene rings is 1. The van der Waals surface area contributed by atoms with Gasteiger partial charge < -0.3 is 9.74 Å². The van der Waals surface area contributed by atoms with Gasteiger partial charge in [0.25, 0.3) is 5.56 Å². The first-order chi connectivity index (χ1) is 16.0. The van der Waals surface area contributed by atoms with E-state index < -0.39 is 18.3 Å². The minimum absolute atomic E-state index is 0.0526. The van der Waals surface area contributed by atoms with Crippen LogP contribution in [0.3, 0.4) is 0 Å². The number of anilines is 1. The Labute approximate surface area is 201 Å². The largest absolute Gasteiger partial charge is 0.413 e. The predicted molar refractivity (Wildman–Crippen MR) is 136 cm³/mol. The van der Waals surface area contributed by atoms with Gasteiger partial charge >= 0.3 is 0 Å². The SMILES string of the molecule is C[Si](C)(C)OCc1ccccc1-n1c(=O)ccc2cnc(NC3CCN(S(C)(=O)=O)CC3)nc21. The van der Waals surface area contributed by atoms with Crippen molar-refractivity contribution < 1.29 is 12.8 Å². The average molecular weight is 502 g/mol. The highest BCUT2D eigenvalue weighted by atomic mass is 32.2. The number of hydrogen-bond acceptors (Lipinski definition) is 7. The van der Waals surface area contributed by atoms with Gasteiger partial charge in [0.1, 0.15) is 0 Å². The molecule has 1 N–H and O–H groups in total. The smallest absolute Gasteiger partial charge is 0.256 e. The maximum atomic E-state index is 13.0. The standard InChI is InChI=1S/C23H31N5O4SSi/c1-33(30,31)27-13-11-19(12-14-27)25-23-24-15-17-9-10-21(29)28(22(17)26-23)20-8-6-5-7-18(20)16-32-34(2,3)4/h5-10,15,19H,11-14,16H2,1-4H3,(H,24,25,26). The molecule has 3 aromatic rings. The summed E-state index contributed by atoms with van der Waals surface area (Å²) in [6, 6.07) is 11.0. The van der Waals surface area contributed by atoms with E-state index in [4.69, 9.17) is 9.41 Å². The molecule has 0 atom stereocenters. The van der Waals surface area contributed by atoms with Crippen LogP contribution in [0.5, 0.6) is 0 Å². The normalized spacial score (nSPS) is 16.1. The van der Waals surface area contributed by atoms with Crippen LogP contribution in [0.4, 0.5) is 5.95 Å². The first-order valence-corrected chi connectivity index (χ1v) is 16.6. The molecule has 0 radical (unpaired) electrons. The lowest BCUT2D eigenvalue weighted by atomic mass is 10.1. The van der Waals surface area contributed by atoms with Crippen LogP contribution >= 0.6 is 0 Å². The van der Waals surface area contributed by atoms with Crippen molar-refractivity contribution in [1.82, 2.24) is 18.8 Å². The second-order valence-corrected chi connectivity index (χ2v) is 16.1. The summed E-state index contributed by atoms with van der Waals surface area (Å²) in [4.78, 5) is 22.1. The zero-order chi connectivity index (χ0) is 24.5. The summed E-state index contributed by atoms with van der Waals surface area (Å²) in [5.41, 5.74) is 1.99. The third-order valence-electron chi connectivity index (χ3n) is 5.78. The molecule has 2 aromatic heterocycles. The maximum absolute atomic E-state index is 13.0. The summed E-state index contributed by atoms with van der Waals surface area (Å²) in [5.74, 6) is 0.417. The summed E-state index contributed by atoms with van der Waals surface area (Å²) >= 11 is 0. The molecular weight excluding hydrogens is 470 g/mol. The van der Waals surface area contributed by atoms with Crippen molar-refractivity contribution in [3.63, 3.8) is 0 Å². The zero-order valence-corrected chi connectivity index (χ0v) is 21.8. The van der Waals surface area contributed by atoms with E-state index in [1.165, 1.54) is 16.6 Å². The van der Waals surface area contributed by atoms with Gasteiger partial charge in [-0.1, -0.05) is 18.2 Å². The van der Waals surface area contributed by atoms with E-state index >= 15 is 0 Å². The topological polar surface area (TPSA) is 106 Å². The molecule has 4 rings (SSSR count). The van der Waals surface area contributed by atoms with Gasteiger partial charge in [0, 0.05) is 42.3 Å². The lowest BCUT2D eigenvalue weighted by Crippen LogP contribution is -2.42. The Bertz CT molecular complexity index is 1350. The first-order valence-electron chi connectivity index (χ1n) is 11.3. The molecule has 1 fully saturated rings. The number of piperidine rings is 1. The number of nitrogens with zero attached hydrogens (tertiary/aromatic N) is 4. The fourth-order valence-electron chi connectivity index (χ4n) is 3.98. The molecule has 0 saturated carbocycles. The fourth-order valence-corrected chi connectivity index (χ4v) is 5.44. The first kappa shape index (κ1) is 24.5. The Morgan fingerprint density at radius 3 is 2.50 bits per heavy atom. The quantitative estimate of drug-likeness (QED) is 0.496. The number of fused-ring (bicyclic) bond motifs is 1. The van der Waals surface area contributed by atoms with Crippen molar-refractivity contribution in [3.05, 3.63) is 58.5 Å². The fraction of sp³-hybridized carbons (Fsp3) is 0.435. The van der Waals surface area contributed by atoms with E-state index in [2.05, 4.69) is 29.9 Å². The van der Waals surface area contributed by atoms with Crippen molar-refractivity contribution in [2.75, 3.05) is 24.7 Å². The summed E-state index contributed by atoms with van der Waals surface area (Å²) < 4.78 is 32.8. The van der Waals surface area contributed by atoms with Crippen LogP contribution in [0.15, 0.2) is 47.4 Å². The van der Waals surface area contributed by atoms with Gasteiger partial charge in [0.15, 0.2) is 14.0 Å². The Balaban J connectivity index is 1.66. The van der Waals surface area contributed by atoms with Gasteiger partial charge in [-0.05, 0) is 44.6 Å². The molecule has 0 bridgehead atoms. The third kappa shape index (κ3) is 5.72. The highest BCUT2D eigenvalue weighted by Crippen LogP contribution is 2.22. The second-order valence-electron chi connectivity index (χ2n) is 9.59. The number of para-hydroxylation sites is 1. The number of pyridine rings is 1. The Kier molecular flexibility index (Phi) is 6.90. The van der Waals surface area contributed by atoms with Crippen LogP contribution in [-0.2, 0) is 21.1 Å². The molecule has 0 unspecified atom stereocenters. The Hall–Kier alpha value is -2.60. The lowest BCUT2D eigenvalue weighted by molar-refractivity contribution is 0.299. The lowest BCUT2D eigenvalue weighted by Gasteiger charge is -2.30. The number of nitrogens with one attached hydrogen (secondary N) is 1. The van der Waals surface area contributed by atoms with Crippen LogP contribution in [0.1, 0.15) is 18.4 Å². The van der Waals surface area contributed by atoms with E-state index in [9.17, 15) is 13.2 Å². The van der Waals surface area contributed by atoms with Crippen LogP contribution in [0.25, 0.3) is 16.7 Å². The maximum Gasteiger partial charge on any atom is 0.256 e. The molecule has 0 amide bonds. The van der Waals surface area contributed by atoms with Crippen LogP contribution in [0, 0.1) is 0 Å². The molecule has 11 heteroatoms. The van der Waals surface area contributed by atoms with Gasteiger partial charge in [-0.15, -0.1) is 0 Å². The van der Waals surface area contributed by atoms with Crippen molar-refractivity contribution in [1.29, 1.82) is 0 Å². The molecule has 9 nitrogen and oxygen atoms in total. The highest BCUT2D eigenvalue weighted by molar-refractivity contribution is 7.88. The number of sulfonamides is 1.